The van der Waals surface area contributed by atoms with Gasteiger partial charge in [0.05, 0.1) is 0 Å². The molecule has 0 bridgehead atoms. The molecule has 2 rings (SSSR count). The number of benzene rings is 1. The molecule has 4 atom stereocenters. The minimum atomic E-state index is -1.28. The second kappa shape index (κ2) is 14.2. The molecule has 0 aliphatic heterocycles. The molecule has 1 fully saturated rings. The van der Waals surface area contributed by atoms with Crippen LogP contribution in [-0.4, -0.2) is 29.1 Å². The highest BCUT2D eigenvalue weighted by Crippen LogP contribution is 2.34. The topological polar surface area (TPSA) is 63.6 Å². The average Bonchev–Trinajstić information content (AvgIpc) is 3.16. The first kappa shape index (κ1) is 28.0. The third-order valence-corrected chi connectivity index (χ3v) is 6.32. The lowest BCUT2D eigenvalue weighted by atomic mass is 9.88. The summed E-state index contributed by atoms with van der Waals surface area (Å²) in [7, 11) is 0. The van der Waals surface area contributed by atoms with E-state index in [1.165, 1.54) is 0 Å². The normalized spacial score (nSPS) is 20.8. The zero-order valence-electron chi connectivity index (χ0n) is 20.9. The lowest BCUT2D eigenvalue weighted by molar-refractivity contribution is -0.144. The summed E-state index contributed by atoms with van der Waals surface area (Å²) in [6.45, 7) is 6.46. The van der Waals surface area contributed by atoms with Crippen LogP contribution in [-0.2, 0) is 20.9 Å². The van der Waals surface area contributed by atoms with Crippen LogP contribution in [0.3, 0.4) is 0 Å². The van der Waals surface area contributed by atoms with E-state index in [-0.39, 0.29) is 35.6 Å². The van der Waals surface area contributed by atoms with Gasteiger partial charge in [0.1, 0.15) is 24.7 Å². The van der Waals surface area contributed by atoms with Crippen LogP contribution >= 0.6 is 0 Å². The Morgan fingerprint density at radius 1 is 1.21 bits per heavy atom. The van der Waals surface area contributed by atoms with Crippen molar-refractivity contribution in [1.29, 1.82) is 0 Å². The van der Waals surface area contributed by atoms with E-state index >= 15 is 0 Å². The largest absolute Gasteiger partial charge is 0.461 e. The predicted octanol–water partition coefficient (Wildman–Crippen LogP) is 6.52. The first-order valence-electron chi connectivity index (χ1n) is 12.5. The molecule has 1 aromatic rings. The zero-order chi connectivity index (χ0) is 25.0. The van der Waals surface area contributed by atoms with Crippen molar-refractivity contribution in [3.8, 4) is 0 Å². The average molecular weight is 473 g/mol. The molecule has 5 heteroatoms. The van der Waals surface area contributed by atoms with Gasteiger partial charge < -0.3 is 9.84 Å². The number of carbonyl (C=O) groups is 2. The Morgan fingerprint density at radius 3 is 2.62 bits per heavy atom. The number of rotatable bonds is 13. The van der Waals surface area contributed by atoms with Gasteiger partial charge in [0.2, 0.25) is 0 Å². The molecule has 1 aliphatic carbocycles. The van der Waals surface area contributed by atoms with E-state index in [9.17, 15) is 19.1 Å². The number of halogens is 1. The van der Waals surface area contributed by atoms with Gasteiger partial charge in [0.15, 0.2) is 0 Å². The number of hydrogen-bond donors (Lipinski definition) is 1. The van der Waals surface area contributed by atoms with Crippen molar-refractivity contribution in [1.82, 2.24) is 0 Å². The predicted molar refractivity (Wildman–Crippen MR) is 134 cm³/mol. The van der Waals surface area contributed by atoms with Crippen LogP contribution < -0.4 is 0 Å². The van der Waals surface area contributed by atoms with Gasteiger partial charge in [-0.1, -0.05) is 75.4 Å². The molecule has 0 radical (unpaired) electrons. The van der Waals surface area contributed by atoms with Crippen molar-refractivity contribution < 1.29 is 23.8 Å². The Bertz CT molecular complexity index is 809. The van der Waals surface area contributed by atoms with Crippen LogP contribution in [0.5, 0.6) is 0 Å². The van der Waals surface area contributed by atoms with Gasteiger partial charge >= 0.3 is 5.97 Å². The molecule has 2 unspecified atom stereocenters. The molecule has 0 spiro atoms. The molecule has 188 valence electrons. The Kier molecular flexibility index (Phi) is 11.7. The first-order valence-corrected chi connectivity index (χ1v) is 12.5. The minimum absolute atomic E-state index is 0.0345. The van der Waals surface area contributed by atoms with Gasteiger partial charge in [0, 0.05) is 18.8 Å². The maximum absolute atomic E-state index is 14.3. The van der Waals surface area contributed by atoms with E-state index in [4.69, 9.17) is 4.74 Å². The number of alkyl halides is 1. The van der Waals surface area contributed by atoms with Crippen LogP contribution in [0.4, 0.5) is 4.39 Å². The van der Waals surface area contributed by atoms with Crippen LogP contribution in [0, 0.1) is 17.3 Å². The fraction of sp³-hybridized carbons (Fsp3) is 0.586. The van der Waals surface area contributed by atoms with Crippen molar-refractivity contribution in [2.24, 2.45) is 17.3 Å². The fourth-order valence-electron chi connectivity index (χ4n) is 4.18. The SMILES string of the molecule is CC(C)(C)CCC(F)C(O)C=C[C@H]1CCC(=O)[C@@H]1CC/C=C/CCC(=O)OCc1ccccc1. The van der Waals surface area contributed by atoms with E-state index in [1.54, 1.807) is 6.08 Å². The first-order chi connectivity index (χ1) is 16.2. The van der Waals surface area contributed by atoms with Crippen LogP contribution in [0.15, 0.2) is 54.6 Å². The molecule has 1 N–H and O–H groups in total. The van der Waals surface area contributed by atoms with Gasteiger partial charge in [0.25, 0.3) is 0 Å². The van der Waals surface area contributed by atoms with E-state index in [2.05, 4.69) is 20.8 Å². The quantitative estimate of drug-likeness (QED) is 0.262. The molecule has 0 saturated heterocycles. The molecule has 1 aromatic carbocycles. The Morgan fingerprint density at radius 2 is 1.91 bits per heavy atom. The van der Waals surface area contributed by atoms with Crippen molar-refractivity contribution in [3.05, 3.63) is 60.2 Å². The number of ketones is 1. The third-order valence-electron chi connectivity index (χ3n) is 6.32. The number of carbonyl (C=O) groups excluding carboxylic acids is 2. The van der Waals surface area contributed by atoms with Gasteiger partial charge in [-0.25, -0.2) is 4.39 Å². The summed E-state index contributed by atoms with van der Waals surface area (Å²) in [5, 5.41) is 10.2. The molecule has 0 heterocycles. The van der Waals surface area contributed by atoms with Crippen molar-refractivity contribution in [2.45, 2.75) is 91.0 Å². The highest BCUT2D eigenvalue weighted by atomic mass is 19.1. The van der Waals surface area contributed by atoms with Crippen LogP contribution in [0.2, 0.25) is 0 Å². The maximum Gasteiger partial charge on any atom is 0.306 e. The molecule has 34 heavy (non-hydrogen) atoms. The van der Waals surface area contributed by atoms with Crippen molar-refractivity contribution in [3.63, 3.8) is 0 Å². The molecule has 1 aliphatic rings. The lowest BCUT2D eigenvalue weighted by Crippen LogP contribution is -2.22. The molecular weight excluding hydrogens is 431 g/mol. The maximum atomic E-state index is 14.3. The van der Waals surface area contributed by atoms with Crippen LogP contribution in [0.1, 0.15) is 77.7 Å². The smallest absolute Gasteiger partial charge is 0.306 e. The fourth-order valence-corrected chi connectivity index (χ4v) is 4.18. The Hall–Kier alpha value is -2.27. The summed E-state index contributed by atoms with van der Waals surface area (Å²) in [6, 6.07) is 9.59. The molecule has 4 nitrogen and oxygen atoms in total. The van der Waals surface area contributed by atoms with E-state index in [0.29, 0.717) is 32.1 Å². The Balaban J connectivity index is 1.68. The number of aliphatic hydroxyl groups is 1. The molecule has 0 amide bonds. The standard InChI is InChI=1S/C29H41FO4/c1-29(2,3)20-19-25(30)27(32)18-16-23-15-17-26(31)24(23)13-9-4-5-10-14-28(33)34-21-22-11-7-6-8-12-22/h4-8,11-12,16,18,23-25,27,32H,9-10,13-15,17,19-21H2,1-3H3/b5-4+,18-16?/t23-,24-,25?,27?/m1/s1. The van der Waals surface area contributed by atoms with E-state index in [1.807, 2.05) is 48.6 Å². The van der Waals surface area contributed by atoms with Crippen molar-refractivity contribution in [2.75, 3.05) is 0 Å². The summed E-state index contributed by atoms with van der Waals surface area (Å²) in [4.78, 5) is 24.2. The number of hydrogen-bond acceptors (Lipinski definition) is 4. The number of allylic oxidation sites excluding steroid dienone is 3. The summed E-state index contributed by atoms with van der Waals surface area (Å²) in [5.41, 5.74) is 1.00. The summed E-state index contributed by atoms with van der Waals surface area (Å²) in [6.07, 6.45) is 9.68. The van der Waals surface area contributed by atoms with Crippen LogP contribution in [0.25, 0.3) is 0 Å². The molecular formula is C29H41FO4. The molecule has 1 saturated carbocycles. The number of aliphatic hydroxyl groups excluding tert-OH is 1. The monoisotopic (exact) mass is 472 g/mol. The summed E-state index contributed by atoms with van der Waals surface area (Å²) in [5.74, 6) is -0.0154. The zero-order valence-corrected chi connectivity index (χ0v) is 20.9. The number of ether oxygens (including phenoxy) is 1. The van der Waals surface area contributed by atoms with E-state index < -0.39 is 12.3 Å². The van der Waals surface area contributed by atoms with E-state index in [0.717, 1.165) is 24.8 Å². The summed E-state index contributed by atoms with van der Waals surface area (Å²) < 4.78 is 19.5. The minimum Gasteiger partial charge on any atom is -0.461 e. The van der Waals surface area contributed by atoms with Gasteiger partial charge in [-0.05, 0) is 55.4 Å². The van der Waals surface area contributed by atoms with Crippen molar-refractivity contribution >= 4 is 11.8 Å². The lowest BCUT2D eigenvalue weighted by Gasteiger charge is -2.21. The third kappa shape index (κ3) is 10.8. The second-order valence-corrected chi connectivity index (χ2v) is 10.5. The van der Waals surface area contributed by atoms with Gasteiger partial charge in [-0.3, -0.25) is 9.59 Å². The number of Topliss-reactive ketones (excluding diaryl/α,β-unsaturated/α-hetero) is 1. The number of esters is 1. The summed E-state index contributed by atoms with van der Waals surface area (Å²) >= 11 is 0. The highest BCUT2D eigenvalue weighted by Gasteiger charge is 2.32. The Labute approximate surface area is 204 Å². The van der Waals surface area contributed by atoms with Gasteiger partial charge in [-0.15, -0.1) is 0 Å². The van der Waals surface area contributed by atoms with Gasteiger partial charge in [-0.2, -0.15) is 0 Å². The second-order valence-electron chi connectivity index (χ2n) is 10.5. The molecule has 0 aromatic heterocycles. The highest BCUT2D eigenvalue weighted by molar-refractivity contribution is 5.83.